The summed E-state index contributed by atoms with van der Waals surface area (Å²) >= 11 is 0. The van der Waals surface area contributed by atoms with Gasteiger partial charge in [0.25, 0.3) is 0 Å². The summed E-state index contributed by atoms with van der Waals surface area (Å²) in [5, 5.41) is 6.23. The maximum absolute atomic E-state index is 12.4. The normalized spacial score (nSPS) is 12.1. The Labute approximate surface area is 134 Å². The zero-order valence-corrected chi connectivity index (χ0v) is 13.4. The van der Waals surface area contributed by atoms with E-state index in [0.29, 0.717) is 12.5 Å². The van der Waals surface area contributed by atoms with Gasteiger partial charge in [0.1, 0.15) is 6.61 Å². The van der Waals surface area contributed by atoms with E-state index in [4.69, 9.17) is 4.74 Å². The van der Waals surface area contributed by atoms with E-state index >= 15 is 0 Å². The summed E-state index contributed by atoms with van der Waals surface area (Å²) in [6.45, 7) is 3.72. The molecule has 0 saturated carbocycles. The number of guanidine groups is 1. The molecule has 5 nitrogen and oxygen atoms in total. The summed E-state index contributed by atoms with van der Waals surface area (Å²) < 4.78 is 42.5. The van der Waals surface area contributed by atoms with Gasteiger partial charge in [-0.3, -0.25) is 4.99 Å². The molecule has 0 bridgehead atoms. The Hall–Kier alpha value is -1.99. The van der Waals surface area contributed by atoms with E-state index in [9.17, 15) is 13.2 Å². The van der Waals surface area contributed by atoms with Crippen LogP contribution in [0.2, 0.25) is 0 Å². The second-order valence-electron chi connectivity index (χ2n) is 4.86. The molecule has 130 valence electrons. The monoisotopic (exact) mass is 332 g/mol. The van der Waals surface area contributed by atoms with Crippen LogP contribution in [-0.4, -0.2) is 37.7 Å². The molecule has 1 rings (SSSR count). The fourth-order valence-corrected chi connectivity index (χ4v) is 1.76. The highest BCUT2D eigenvalue weighted by atomic mass is 19.4. The van der Waals surface area contributed by atoms with Gasteiger partial charge in [-0.15, -0.1) is 0 Å². The molecule has 0 amide bonds. The van der Waals surface area contributed by atoms with E-state index in [1.807, 2.05) is 0 Å². The molecule has 0 fully saturated rings. The number of ether oxygens (including phenoxy) is 1. The van der Waals surface area contributed by atoms with E-state index in [2.05, 4.69) is 27.5 Å². The van der Waals surface area contributed by atoms with Crippen LogP contribution in [0, 0.1) is 0 Å². The minimum atomic E-state index is -4.39. The van der Waals surface area contributed by atoms with Gasteiger partial charge in [-0.2, -0.15) is 13.2 Å². The van der Waals surface area contributed by atoms with Gasteiger partial charge in [0.05, 0.1) is 12.1 Å². The number of hydrogen-bond donors (Lipinski definition) is 2. The molecule has 1 aromatic rings. The predicted octanol–water partition coefficient (Wildman–Crippen LogP) is 2.83. The average Bonchev–Trinajstić information content (AvgIpc) is 2.53. The van der Waals surface area contributed by atoms with E-state index in [1.165, 1.54) is 6.07 Å². The molecule has 0 spiro atoms. The van der Waals surface area contributed by atoms with Crippen molar-refractivity contribution in [2.45, 2.75) is 32.4 Å². The predicted molar refractivity (Wildman–Crippen MR) is 83.6 cm³/mol. The molecule has 0 radical (unpaired) electrons. The molecule has 0 atom stereocenters. The minimum absolute atomic E-state index is 0.158. The van der Waals surface area contributed by atoms with Gasteiger partial charge in [-0.05, 0) is 12.5 Å². The number of pyridine rings is 1. The lowest BCUT2D eigenvalue weighted by atomic mass is 10.2. The van der Waals surface area contributed by atoms with Crippen molar-refractivity contribution in [2.24, 2.45) is 4.99 Å². The number of aromatic nitrogens is 1. The van der Waals surface area contributed by atoms with E-state index in [-0.39, 0.29) is 12.5 Å². The molecule has 2 N–H and O–H groups in total. The molecule has 0 unspecified atom stereocenters. The quantitative estimate of drug-likeness (QED) is 0.437. The summed E-state index contributed by atoms with van der Waals surface area (Å²) in [4.78, 5) is 7.70. The van der Waals surface area contributed by atoms with Crippen LogP contribution in [0.3, 0.4) is 0 Å². The van der Waals surface area contributed by atoms with Gasteiger partial charge >= 0.3 is 6.18 Å². The molecule has 1 heterocycles. The van der Waals surface area contributed by atoms with Gasteiger partial charge in [0.2, 0.25) is 5.88 Å². The first-order chi connectivity index (χ1) is 11.0. The maximum Gasteiger partial charge on any atom is 0.417 e. The molecule has 0 saturated heterocycles. The Bertz CT molecular complexity index is 475. The van der Waals surface area contributed by atoms with Crippen molar-refractivity contribution in [3.8, 4) is 5.88 Å². The number of hydrogen-bond acceptors (Lipinski definition) is 3. The van der Waals surface area contributed by atoms with Crippen LogP contribution in [0.25, 0.3) is 0 Å². The summed E-state index contributed by atoms with van der Waals surface area (Å²) in [6.07, 6.45) is -0.239. The maximum atomic E-state index is 12.4. The van der Waals surface area contributed by atoms with E-state index in [1.54, 1.807) is 7.05 Å². The van der Waals surface area contributed by atoms with Gasteiger partial charge in [0, 0.05) is 25.9 Å². The second-order valence-corrected chi connectivity index (χ2v) is 4.86. The molecule has 0 aliphatic carbocycles. The third-order valence-electron chi connectivity index (χ3n) is 3.00. The largest absolute Gasteiger partial charge is 0.476 e. The lowest BCUT2D eigenvalue weighted by molar-refractivity contribution is -0.137. The highest BCUT2D eigenvalue weighted by molar-refractivity contribution is 5.79. The summed E-state index contributed by atoms with van der Waals surface area (Å²) in [5.41, 5.74) is -0.792. The smallest absolute Gasteiger partial charge is 0.417 e. The van der Waals surface area contributed by atoms with Crippen LogP contribution in [0.1, 0.15) is 31.7 Å². The average molecular weight is 332 g/mol. The highest BCUT2D eigenvalue weighted by Crippen LogP contribution is 2.29. The van der Waals surface area contributed by atoms with Crippen LogP contribution in [0.15, 0.2) is 23.3 Å². The fraction of sp³-hybridized carbons (Fsp3) is 0.600. The van der Waals surface area contributed by atoms with Crippen LogP contribution in [0.5, 0.6) is 5.88 Å². The molecular formula is C15H23F3N4O. The first kappa shape index (κ1) is 19.1. The van der Waals surface area contributed by atoms with Crippen LogP contribution in [0.4, 0.5) is 13.2 Å². The Balaban J connectivity index is 2.25. The number of nitrogens with zero attached hydrogens (tertiary/aromatic N) is 2. The molecule has 0 aliphatic rings. The summed E-state index contributed by atoms with van der Waals surface area (Å²) in [6, 6.07) is 2.16. The van der Waals surface area contributed by atoms with Gasteiger partial charge in [0.15, 0.2) is 5.96 Å². The standard InChI is InChI=1S/C15H23F3N4O/c1-3-4-5-8-20-14(19-2)21-9-10-23-13-7-6-12(11-22-13)15(16,17)18/h6-7,11H,3-5,8-10H2,1-2H3,(H2,19,20,21). The van der Waals surface area contributed by atoms with Crippen molar-refractivity contribution < 1.29 is 17.9 Å². The third kappa shape index (κ3) is 7.71. The van der Waals surface area contributed by atoms with Crippen molar-refractivity contribution >= 4 is 5.96 Å². The second kappa shape index (κ2) is 9.91. The van der Waals surface area contributed by atoms with Gasteiger partial charge in [-0.1, -0.05) is 19.8 Å². The van der Waals surface area contributed by atoms with Crippen molar-refractivity contribution in [2.75, 3.05) is 26.7 Å². The van der Waals surface area contributed by atoms with Gasteiger partial charge < -0.3 is 15.4 Å². The lowest BCUT2D eigenvalue weighted by Gasteiger charge is -2.12. The molecule has 8 heteroatoms. The first-order valence-corrected chi connectivity index (χ1v) is 7.58. The first-order valence-electron chi connectivity index (χ1n) is 7.58. The molecule has 23 heavy (non-hydrogen) atoms. The number of halogens is 3. The molecular weight excluding hydrogens is 309 g/mol. The third-order valence-corrected chi connectivity index (χ3v) is 3.00. The SMILES string of the molecule is CCCCCNC(=NC)NCCOc1ccc(C(F)(F)F)cn1. The lowest BCUT2D eigenvalue weighted by Crippen LogP contribution is -2.39. The van der Waals surface area contributed by atoms with Crippen LogP contribution >= 0.6 is 0 Å². The Kier molecular flexibility index (Phi) is 8.21. The Morgan fingerprint density at radius 2 is 1.96 bits per heavy atom. The number of aliphatic imine (C=N–C) groups is 1. The zero-order chi connectivity index (χ0) is 17.1. The van der Waals surface area contributed by atoms with Crippen molar-refractivity contribution in [3.63, 3.8) is 0 Å². The highest BCUT2D eigenvalue weighted by Gasteiger charge is 2.30. The Morgan fingerprint density at radius 1 is 1.22 bits per heavy atom. The topological polar surface area (TPSA) is 58.5 Å². The number of unbranched alkanes of at least 4 members (excludes halogenated alkanes) is 2. The number of nitrogens with one attached hydrogen (secondary N) is 2. The van der Waals surface area contributed by atoms with Crippen molar-refractivity contribution in [1.82, 2.24) is 15.6 Å². The van der Waals surface area contributed by atoms with E-state index < -0.39 is 11.7 Å². The van der Waals surface area contributed by atoms with Crippen LogP contribution in [-0.2, 0) is 6.18 Å². The van der Waals surface area contributed by atoms with Gasteiger partial charge in [-0.25, -0.2) is 4.98 Å². The zero-order valence-electron chi connectivity index (χ0n) is 13.4. The molecule has 0 aliphatic heterocycles. The molecule has 1 aromatic heterocycles. The Morgan fingerprint density at radius 3 is 2.52 bits per heavy atom. The van der Waals surface area contributed by atoms with Crippen molar-refractivity contribution in [1.29, 1.82) is 0 Å². The number of alkyl halides is 3. The minimum Gasteiger partial charge on any atom is -0.476 e. The molecule has 0 aromatic carbocycles. The van der Waals surface area contributed by atoms with Crippen molar-refractivity contribution in [3.05, 3.63) is 23.9 Å². The summed E-state index contributed by atoms with van der Waals surface area (Å²) in [5.74, 6) is 0.829. The van der Waals surface area contributed by atoms with E-state index in [0.717, 1.165) is 38.1 Å². The summed E-state index contributed by atoms with van der Waals surface area (Å²) in [7, 11) is 1.67. The fourth-order valence-electron chi connectivity index (χ4n) is 1.76. The van der Waals surface area contributed by atoms with Crippen LogP contribution < -0.4 is 15.4 Å². The number of rotatable bonds is 8.